The highest BCUT2D eigenvalue weighted by molar-refractivity contribution is 6.26. The van der Waals surface area contributed by atoms with Crippen molar-refractivity contribution in [2.24, 2.45) is 0 Å². The zero-order valence-electron chi connectivity index (χ0n) is 21.0. The maximum absolute atomic E-state index is 13.3. The number of ketones is 1. The van der Waals surface area contributed by atoms with Gasteiger partial charge in [-0.25, -0.2) is 9.78 Å². The number of para-hydroxylation sites is 1. The van der Waals surface area contributed by atoms with Crippen LogP contribution in [-0.4, -0.2) is 27.8 Å². The number of pyridine rings is 1. The van der Waals surface area contributed by atoms with Crippen molar-refractivity contribution in [1.29, 1.82) is 0 Å². The fraction of sp³-hybridized carbons (Fsp3) is 0.0303. The summed E-state index contributed by atoms with van der Waals surface area (Å²) in [6, 6.07) is 31.6. The van der Waals surface area contributed by atoms with Gasteiger partial charge in [-0.15, -0.1) is 0 Å². The van der Waals surface area contributed by atoms with Crippen molar-refractivity contribution in [2.75, 3.05) is 4.90 Å². The molecule has 1 aliphatic rings. The highest BCUT2D eigenvalue weighted by atomic mass is 16.4. The molecule has 0 atom stereocenters. The van der Waals surface area contributed by atoms with Gasteiger partial charge < -0.3 is 5.11 Å². The average Bonchev–Trinajstić information content (AvgIpc) is 3.24. The Kier molecular flexibility index (Phi) is 5.85. The number of carbonyl (C=O) groups excluding carboxylic acids is 2. The van der Waals surface area contributed by atoms with E-state index in [9.17, 15) is 19.5 Å². The molecule has 6 nitrogen and oxygen atoms in total. The number of carbonyl (C=O) groups is 3. The summed E-state index contributed by atoms with van der Waals surface area (Å²) >= 11 is 0. The third kappa shape index (κ3) is 4.28. The molecule has 39 heavy (non-hydrogen) atoms. The highest BCUT2D eigenvalue weighted by Crippen LogP contribution is 2.37. The molecular weight excluding hydrogens is 488 g/mol. The van der Waals surface area contributed by atoms with Crippen molar-refractivity contribution >= 4 is 40.3 Å². The largest absolute Gasteiger partial charge is 0.478 e. The van der Waals surface area contributed by atoms with E-state index in [0.29, 0.717) is 27.8 Å². The first-order chi connectivity index (χ1) is 18.9. The summed E-state index contributed by atoms with van der Waals surface area (Å²) in [7, 11) is 0. The SMILES string of the molecule is CC(=O)N1/C(=C/c2cc(-c3ccc(-c4ccccc4)cc3)c3cc(C(=O)O)ccc3n2)C(=O)c2ccccc21. The highest BCUT2D eigenvalue weighted by Gasteiger charge is 2.34. The fourth-order valence-electron chi connectivity index (χ4n) is 5.00. The van der Waals surface area contributed by atoms with Crippen molar-refractivity contribution < 1.29 is 19.5 Å². The van der Waals surface area contributed by atoms with Gasteiger partial charge >= 0.3 is 5.97 Å². The van der Waals surface area contributed by atoms with Crippen LogP contribution in [0.1, 0.15) is 33.3 Å². The number of nitrogens with zero attached hydrogens (tertiary/aromatic N) is 2. The quantitative estimate of drug-likeness (QED) is 0.267. The summed E-state index contributed by atoms with van der Waals surface area (Å²) in [5.74, 6) is -1.55. The van der Waals surface area contributed by atoms with Crippen LogP contribution in [0.5, 0.6) is 0 Å². The Labute approximate surface area is 224 Å². The van der Waals surface area contributed by atoms with E-state index in [1.165, 1.54) is 17.9 Å². The monoisotopic (exact) mass is 510 g/mol. The molecule has 1 N–H and O–H groups in total. The number of carboxylic acid groups (broad SMARTS) is 1. The van der Waals surface area contributed by atoms with Gasteiger partial charge in [-0.05, 0) is 64.7 Å². The molecule has 6 rings (SSSR count). The van der Waals surface area contributed by atoms with Gasteiger partial charge in [0.1, 0.15) is 0 Å². The molecule has 4 aromatic carbocycles. The number of hydrogen-bond donors (Lipinski definition) is 1. The first-order valence-electron chi connectivity index (χ1n) is 12.4. The molecule has 0 saturated carbocycles. The Bertz CT molecular complexity index is 1820. The van der Waals surface area contributed by atoms with Crippen LogP contribution in [0.2, 0.25) is 0 Å². The minimum Gasteiger partial charge on any atom is -0.478 e. The Morgan fingerprint density at radius 1 is 0.769 bits per heavy atom. The second-order valence-electron chi connectivity index (χ2n) is 9.31. The number of amides is 1. The Morgan fingerprint density at radius 3 is 2.15 bits per heavy atom. The van der Waals surface area contributed by atoms with Crippen LogP contribution < -0.4 is 4.90 Å². The number of anilines is 1. The van der Waals surface area contributed by atoms with Crippen LogP contribution >= 0.6 is 0 Å². The minimum absolute atomic E-state index is 0.154. The summed E-state index contributed by atoms with van der Waals surface area (Å²) in [6.45, 7) is 1.42. The Morgan fingerprint density at radius 2 is 1.44 bits per heavy atom. The lowest BCUT2D eigenvalue weighted by Gasteiger charge is -2.16. The van der Waals surface area contributed by atoms with Crippen molar-refractivity contribution in [3.63, 3.8) is 0 Å². The van der Waals surface area contributed by atoms with Crippen LogP contribution in [-0.2, 0) is 4.79 Å². The molecule has 0 bridgehead atoms. The van der Waals surface area contributed by atoms with E-state index < -0.39 is 5.97 Å². The molecule has 1 aromatic heterocycles. The summed E-state index contributed by atoms with van der Waals surface area (Å²) in [6.07, 6.45) is 1.62. The summed E-state index contributed by atoms with van der Waals surface area (Å²) in [5, 5.41) is 10.3. The van der Waals surface area contributed by atoms with Crippen molar-refractivity contribution in [3.05, 3.63) is 126 Å². The summed E-state index contributed by atoms with van der Waals surface area (Å²) in [5.41, 5.74) is 6.23. The summed E-state index contributed by atoms with van der Waals surface area (Å²) < 4.78 is 0. The molecule has 5 aromatic rings. The first-order valence-corrected chi connectivity index (χ1v) is 12.4. The topological polar surface area (TPSA) is 87.6 Å². The number of rotatable bonds is 4. The molecule has 0 aliphatic carbocycles. The first kappa shape index (κ1) is 24.0. The molecule has 188 valence electrons. The standard InChI is InChI=1S/C33H22N2O4/c1-20(36)35-30-10-6-5-9-26(30)32(37)31(35)19-25-18-27(28-17-24(33(38)39)15-16-29(28)34-25)23-13-11-22(12-14-23)21-7-3-2-4-8-21/h2-19H,1H3,(H,38,39)/b31-19+. The van der Waals surface area contributed by atoms with E-state index in [0.717, 1.165) is 22.3 Å². The minimum atomic E-state index is -1.03. The van der Waals surface area contributed by atoms with Gasteiger partial charge in [-0.2, -0.15) is 0 Å². The number of Topliss-reactive ketones (excluding diaryl/α,β-unsaturated/α-hetero) is 1. The lowest BCUT2D eigenvalue weighted by Crippen LogP contribution is -2.25. The van der Waals surface area contributed by atoms with E-state index in [1.54, 1.807) is 42.5 Å². The van der Waals surface area contributed by atoms with Gasteiger partial charge in [-0.3, -0.25) is 14.5 Å². The maximum atomic E-state index is 13.3. The molecule has 1 amide bonds. The Balaban J connectivity index is 1.52. The van der Waals surface area contributed by atoms with Gasteiger partial charge in [0.05, 0.1) is 28.2 Å². The van der Waals surface area contributed by atoms with E-state index in [4.69, 9.17) is 4.98 Å². The van der Waals surface area contributed by atoms with Crippen molar-refractivity contribution in [1.82, 2.24) is 4.98 Å². The molecule has 0 radical (unpaired) electrons. The molecule has 0 unspecified atom stereocenters. The van der Waals surface area contributed by atoms with Crippen LogP contribution in [0.15, 0.2) is 109 Å². The predicted octanol–water partition coefficient (Wildman–Crippen LogP) is 6.86. The van der Waals surface area contributed by atoms with Gasteiger partial charge in [0.2, 0.25) is 11.7 Å². The molecule has 0 fully saturated rings. The van der Waals surface area contributed by atoms with E-state index in [1.807, 2.05) is 60.7 Å². The van der Waals surface area contributed by atoms with Crippen LogP contribution in [0, 0.1) is 0 Å². The molecule has 0 saturated heterocycles. The third-order valence-corrected chi connectivity index (χ3v) is 6.84. The van der Waals surface area contributed by atoms with E-state index >= 15 is 0 Å². The number of hydrogen-bond acceptors (Lipinski definition) is 4. The second kappa shape index (κ2) is 9.50. The van der Waals surface area contributed by atoms with Gasteiger partial charge in [0, 0.05) is 17.9 Å². The molecule has 0 spiro atoms. The lowest BCUT2D eigenvalue weighted by molar-refractivity contribution is -0.116. The number of carboxylic acids is 1. The van der Waals surface area contributed by atoms with E-state index in [-0.39, 0.29) is 23.0 Å². The number of fused-ring (bicyclic) bond motifs is 2. The third-order valence-electron chi connectivity index (χ3n) is 6.84. The van der Waals surface area contributed by atoms with E-state index in [2.05, 4.69) is 0 Å². The maximum Gasteiger partial charge on any atom is 0.335 e. The molecule has 1 aliphatic heterocycles. The predicted molar refractivity (Wildman–Crippen MR) is 151 cm³/mol. The zero-order valence-corrected chi connectivity index (χ0v) is 21.0. The van der Waals surface area contributed by atoms with Crippen LogP contribution in [0.3, 0.4) is 0 Å². The smallest absolute Gasteiger partial charge is 0.335 e. The fourth-order valence-corrected chi connectivity index (χ4v) is 5.00. The number of allylic oxidation sites excluding steroid dienone is 1. The Hall–Kier alpha value is -5.36. The average molecular weight is 511 g/mol. The van der Waals surface area contributed by atoms with Crippen molar-refractivity contribution in [2.45, 2.75) is 6.92 Å². The number of aromatic carboxylic acids is 1. The molecule has 6 heteroatoms. The molecule has 2 heterocycles. The zero-order chi connectivity index (χ0) is 27.1. The molecular formula is C33H22N2O4. The summed E-state index contributed by atoms with van der Waals surface area (Å²) in [4.78, 5) is 43.7. The van der Waals surface area contributed by atoms with Crippen LogP contribution in [0.4, 0.5) is 5.69 Å². The number of benzene rings is 4. The van der Waals surface area contributed by atoms with Gasteiger partial charge in [0.15, 0.2) is 0 Å². The van der Waals surface area contributed by atoms with Gasteiger partial charge in [-0.1, -0.05) is 66.7 Å². The van der Waals surface area contributed by atoms with Gasteiger partial charge in [0.25, 0.3) is 0 Å². The normalized spacial score (nSPS) is 13.6. The second-order valence-corrected chi connectivity index (χ2v) is 9.31. The van der Waals surface area contributed by atoms with Crippen LogP contribution in [0.25, 0.3) is 39.2 Å². The number of aromatic nitrogens is 1. The van der Waals surface area contributed by atoms with Crippen molar-refractivity contribution in [3.8, 4) is 22.3 Å². The lowest BCUT2D eigenvalue weighted by atomic mass is 9.96.